The molecular weight excluding hydrogens is 218 g/mol. The number of aromatic nitrogens is 1. The van der Waals surface area contributed by atoms with Gasteiger partial charge in [-0.05, 0) is 31.2 Å². The number of furan rings is 1. The number of carbonyl (C=O) groups is 1. The van der Waals surface area contributed by atoms with Gasteiger partial charge in [-0.3, -0.25) is 9.78 Å². The van der Waals surface area contributed by atoms with Crippen LogP contribution in [0.4, 0.5) is 0 Å². The van der Waals surface area contributed by atoms with Crippen molar-refractivity contribution in [3.05, 3.63) is 54.2 Å². The Bertz CT molecular complexity index is 518. The van der Waals surface area contributed by atoms with Gasteiger partial charge in [-0.15, -0.1) is 0 Å². The van der Waals surface area contributed by atoms with Crippen LogP contribution in [0.3, 0.4) is 0 Å². The molecule has 0 aromatic carbocycles. The van der Waals surface area contributed by atoms with E-state index in [0.717, 1.165) is 5.56 Å². The summed E-state index contributed by atoms with van der Waals surface area (Å²) in [6.07, 6.45) is 4.78. The fourth-order valence-electron chi connectivity index (χ4n) is 1.26. The summed E-state index contributed by atoms with van der Waals surface area (Å²) in [4.78, 5) is 15.4. The van der Waals surface area contributed by atoms with Gasteiger partial charge < -0.3 is 4.42 Å². The first kappa shape index (κ1) is 11.1. The largest absolute Gasteiger partial charge is 0.459 e. The molecule has 0 aliphatic rings. The van der Waals surface area contributed by atoms with Crippen LogP contribution in [0.5, 0.6) is 0 Å². The summed E-state index contributed by atoms with van der Waals surface area (Å²) >= 11 is 0. The molecule has 86 valence electrons. The normalized spacial score (nSPS) is 11.2. The molecule has 1 amide bonds. The standard InChI is InChI=1S/C12H11N3O2/c1-9(10-4-6-13-7-5-10)14-15-12(16)11-3-2-8-17-11/h2-8H,1H3,(H,15,16). The monoisotopic (exact) mass is 229 g/mol. The number of hydrogen-bond acceptors (Lipinski definition) is 4. The van der Waals surface area contributed by atoms with E-state index in [4.69, 9.17) is 4.42 Å². The summed E-state index contributed by atoms with van der Waals surface area (Å²) in [5.41, 5.74) is 4.02. The van der Waals surface area contributed by atoms with Gasteiger partial charge in [-0.2, -0.15) is 5.10 Å². The highest BCUT2D eigenvalue weighted by Crippen LogP contribution is 2.01. The fraction of sp³-hybridized carbons (Fsp3) is 0.0833. The number of hydrazone groups is 1. The first-order valence-electron chi connectivity index (χ1n) is 5.06. The van der Waals surface area contributed by atoms with Crippen molar-refractivity contribution in [3.63, 3.8) is 0 Å². The lowest BCUT2D eigenvalue weighted by molar-refractivity contribution is 0.0927. The molecule has 0 aliphatic heterocycles. The summed E-state index contributed by atoms with van der Waals surface area (Å²) in [5, 5.41) is 3.98. The van der Waals surface area contributed by atoms with Gasteiger partial charge in [0.15, 0.2) is 5.76 Å². The van der Waals surface area contributed by atoms with E-state index in [1.807, 2.05) is 12.1 Å². The lowest BCUT2D eigenvalue weighted by atomic mass is 10.2. The average Bonchev–Trinajstić information content (AvgIpc) is 2.90. The third-order valence-corrected chi connectivity index (χ3v) is 2.17. The maximum absolute atomic E-state index is 11.5. The molecule has 2 aromatic heterocycles. The van der Waals surface area contributed by atoms with Gasteiger partial charge >= 0.3 is 5.91 Å². The second-order valence-electron chi connectivity index (χ2n) is 3.35. The van der Waals surface area contributed by atoms with E-state index in [-0.39, 0.29) is 11.7 Å². The van der Waals surface area contributed by atoms with Crippen molar-refractivity contribution in [3.8, 4) is 0 Å². The molecule has 0 radical (unpaired) electrons. The Kier molecular flexibility index (Phi) is 3.30. The van der Waals surface area contributed by atoms with Gasteiger partial charge in [0.05, 0.1) is 12.0 Å². The van der Waals surface area contributed by atoms with Crippen LogP contribution < -0.4 is 5.43 Å². The summed E-state index contributed by atoms with van der Waals surface area (Å²) in [5.74, 6) is -0.139. The van der Waals surface area contributed by atoms with E-state index in [2.05, 4.69) is 15.5 Å². The first-order chi connectivity index (χ1) is 8.27. The fourth-order valence-corrected chi connectivity index (χ4v) is 1.26. The Hall–Kier alpha value is -2.43. The zero-order chi connectivity index (χ0) is 12.1. The Morgan fingerprint density at radius 1 is 1.35 bits per heavy atom. The van der Waals surface area contributed by atoms with Crippen LogP contribution in [0, 0.1) is 0 Å². The molecule has 17 heavy (non-hydrogen) atoms. The van der Waals surface area contributed by atoms with Crippen LogP contribution in [0.15, 0.2) is 52.4 Å². The first-order valence-corrected chi connectivity index (χ1v) is 5.06. The quantitative estimate of drug-likeness (QED) is 0.644. The van der Waals surface area contributed by atoms with E-state index in [1.165, 1.54) is 6.26 Å². The number of amides is 1. The lowest BCUT2D eigenvalue weighted by Crippen LogP contribution is -2.18. The van der Waals surface area contributed by atoms with Crippen molar-refractivity contribution in [2.24, 2.45) is 5.10 Å². The molecule has 0 fully saturated rings. The van der Waals surface area contributed by atoms with Crippen LogP contribution in [-0.2, 0) is 0 Å². The molecule has 0 atom stereocenters. The third kappa shape index (κ3) is 2.78. The predicted octanol–water partition coefficient (Wildman–Crippen LogP) is 1.83. The Labute approximate surface area is 98.2 Å². The zero-order valence-electron chi connectivity index (χ0n) is 9.25. The minimum absolute atomic E-state index is 0.233. The molecule has 0 bridgehead atoms. The summed E-state index contributed by atoms with van der Waals surface area (Å²) < 4.78 is 4.94. The van der Waals surface area contributed by atoms with E-state index >= 15 is 0 Å². The summed E-state index contributed by atoms with van der Waals surface area (Å²) in [6, 6.07) is 6.86. The van der Waals surface area contributed by atoms with Gasteiger partial charge in [0.25, 0.3) is 0 Å². The highest BCUT2D eigenvalue weighted by Gasteiger charge is 2.06. The Morgan fingerprint density at radius 3 is 2.76 bits per heavy atom. The van der Waals surface area contributed by atoms with Crippen molar-refractivity contribution in [2.75, 3.05) is 0 Å². The van der Waals surface area contributed by atoms with Gasteiger partial charge in [0, 0.05) is 18.0 Å². The smallest absolute Gasteiger partial charge is 0.307 e. The molecule has 2 aromatic rings. The zero-order valence-corrected chi connectivity index (χ0v) is 9.25. The van der Waals surface area contributed by atoms with E-state index < -0.39 is 0 Å². The van der Waals surface area contributed by atoms with E-state index in [1.54, 1.807) is 31.5 Å². The summed E-state index contributed by atoms with van der Waals surface area (Å²) in [7, 11) is 0. The average molecular weight is 229 g/mol. The molecule has 2 heterocycles. The third-order valence-electron chi connectivity index (χ3n) is 2.17. The van der Waals surface area contributed by atoms with Crippen molar-refractivity contribution >= 4 is 11.6 Å². The maximum atomic E-state index is 11.5. The lowest BCUT2D eigenvalue weighted by Gasteiger charge is -2.00. The van der Waals surface area contributed by atoms with E-state index in [0.29, 0.717) is 5.71 Å². The molecule has 0 saturated heterocycles. The Balaban J connectivity index is 2.04. The maximum Gasteiger partial charge on any atom is 0.307 e. The predicted molar refractivity (Wildman–Crippen MR) is 62.6 cm³/mol. The molecule has 2 rings (SSSR count). The minimum atomic E-state index is -0.372. The van der Waals surface area contributed by atoms with Crippen molar-refractivity contribution in [1.29, 1.82) is 0 Å². The molecule has 0 aliphatic carbocycles. The van der Waals surface area contributed by atoms with Crippen LogP contribution in [0.1, 0.15) is 23.0 Å². The van der Waals surface area contributed by atoms with Crippen molar-refractivity contribution in [2.45, 2.75) is 6.92 Å². The molecular formula is C12H11N3O2. The number of hydrogen-bond donors (Lipinski definition) is 1. The van der Waals surface area contributed by atoms with Crippen LogP contribution >= 0.6 is 0 Å². The van der Waals surface area contributed by atoms with Crippen molar-refractivity contribution < 1.29 is 9.21 Å². The second-order valence-corrected chi connectivity index (χ2v) is 3.35. The number of nitrogens with one attached hydrogen (secondary N) is 1. The van der Waals surface area contributed by atoms with Crippen LogP contribution in [-0.4, -0.2) is 16.6 Å². The van der Waals surface area contributed by atoms with Gasteiger partial charge in [-0.1, -0.05) is 0 Å². The van der Waals surface area contributed by atoms with Crippen molar-refractivity contribution in [1.82, 2.24) is 10.4 Å². The number of nitrogens with zero attached hydrogens (tertiary/aromatic N) is 2. The van der Waals surface area contributed by atoms with Gasteiger partial charge in [0.2, 0.25) is 0 Å². The highest BCUT2D eigenvalue weighted by atomic mass is 16.3. The van der Waals surface area contributed by atoms with Gasteiger partial charge in [0.1, 0.15) is 0 Å². The molecule has 0 saturated carbocycles. The Morgan fingerprint density at radius 2 is 2.12 bits per heavy atom. The number of rotatable bonds is 3. The molecule has 5 nitrogen and oxygen atoms in total. The topological polar surface area (TPSA) is 67.5 Å². The summed E-state index contributed by atoms with van der Waals surface area (Å²) in [6.45, 7) is 1.80. The molecule has 0 spiro atoms. The second kappa shape index (κ2) is 5.07. The van der Waals surface area contributed by atoms with E-state index in [9.17, 15) is 4.79 Å². The molecule has 1 N–H and O–H groups in total. The number of carbonyl (C=O) groups excluding carboxylic acids is 1. The van der Waals surface area contributed by atoms with Crippen LogP contribution in [0.25, 0.3) is 0 Å². The highest BCUT2D eigenvalue weighted by molar-refractivity contribution is 6.00. The SMILES string of the molecule is CC(=NNC(=O)c1ccco1)c1ccncc1. The number of pyridine rings is 1. The van der Waals surface area contributed by atoms with Gasteiger partial charge in [-0.25, -0.2) is 5.43 Å². The minimum Gasteiger partial charge on any atom is -0.459 e. The van der Waals surface area contributed by atoms with Crippen LogP contribution in [0.2, 0.25) is 0 Å². The molecule has 5 heteroatoms. The molecule has 0 unspecified atom stereocenters.